The zero-order valence-corrected chi connectivity index (χ0v) is 13.3. The van der Waals surface area contributed by atoms with Crippen molar-refractivity contribution in [1.82, 2.24) is 19.1 Å². The molecule has 0 spiro atoms. The monoisotopic (exact) mass is 344 g/mol. The molecule has 0 aliphatic heterocycles. The first kappa shape index (κ1) is 14.4. The Morgan fingerprint density at radius 2 is 2.19 bits per heavy atom. The highest BCUT2D eigenvalue weighted by Gasteiger charge is 2.25. The third-order valence-electron chi connectivity index (χ3n) is 2.69. The molecule has 0 bridgehead atoms. The van der Waals surface area contributed by atoms with Crippen molar-refractivity contribution < 1.29 is 8.42 Å². The van der Waals surface area contributed by atoms with Crippen LogP contribution in [0.15, 0.2) is 22.0 Å². The Kier molecular flexibility index (Phi) is 3.67. The van der Waals surface area contributed by atoms with Gasteiger partial charge in [0.05, 0.1) is 6.54 Å². The second kappa shape index (κ2) is 5.35. The fourth-order valence-corrected chi connectivity index (χ4v) is 4.63. The van der Waals surface area contributed by atoms with Gasteiger partial charge in [0, 0.05) is 22.7 Å². The van der Waals surface area contributed by atoms with E-state index in [1.165, 1.54) is 27.1 Å². The van der Waals surface area contributed by atoms with Gasteiger partial charge in [0.25, 0.3) is 10.0 Å². The molecular weight excluding hydrogens is 332 g/mol. The lowest BCUT2D eigenvalue weighted by molar-refractivity contribution is 0.576. The van der Waals surface area contributed by atoms with E-state index in [4.69, 9.17) is 5.84 Å². The van der Waals surface area contributed by atoms with Crippen LogP contribution in [0.5, 0.6) is 0 Å². The van der Waals surface area contributed by atoms with Gasteiger partial charge in [0.2, 0.25) is 5.03 Å². The van der Waals surface area contributed by atoms with Crippen molar-refractivity contribution in [1.29, 1.82) is 0 Å². The molecule has 3 rings (SSSR count). The molecule has 11 heteroatoms. The maximum atomic E-state index is 12.5. The van der Waals surface area contributed by atoms with E-state index in [2.05, 4.69) is 20.1 Å². The Labute approximate surface area is 128 Å². The molecule has 0 unspecified atom stereocenters. The minimum atomic E-state index is -3.76. The van der Waals surface area contributed by atoms with Crippen molar-refractivity contribution in [3.63, 3.8) is 0 Å². The molecule has 0 aliphatic carbocycles. The topological polar surface area (TPSA) is 114 Å². The normalized spacial score (nSPS) is 12.1. The van der Waals surface area contributed by atoms with Crippen LogP contribution in [-0.2, 0) is 16.6 Å². The van der Waals surface area contributed by atoms with E-state index in [9.17, 15) is 8.42 Å². The van der Waals surface area contributed by atoms with Crippen LogP contribution in [0, 0.1) is 6.92 Å². The van der Waals surface area contributed by atoms with Gasteiger partial charge >= 0.3 is 0 Å². The van der Waals surface area contributed by atoms with Gasteiger partial charge in [-0.1, -0.05) is 0 Å². The molecule has 8 nitrogen and oxygen atoms in total. The van der Waals surface area contributed by atoms with Crippen LogP contribution in [0.25, 0.3) is 4.96 Å². The summed E-state index contributed by atoms with van der Waals surface area (Å²) in [4.78, 5) is 8.90. The standard InChI is InChI=1S/C10H12N6O2S3/c1-6-5-20-7(13-6)4-12-21(17,18)9-8(15-11)14-10-16(9)2-3-19-10/h2-3,5,12,15H,4,11H2,1H3. The van der Waals surface area contributed by atoms with Crippen molar-refractivity contribution in [3.8, 4) is 0 Å². The number of aryl methyl sites for hydroxylation is 1. The lowest BCUT2D eigenvalue weighted by Gasteiger charge is -2.06. The van der Waals surface area contributed by atoms with Gasteiger partial charge in [-0.15, -0.1) is 22.7 Å². The summed E-state index contributed by atoms with van der Waals surface area (Å²) < 4.78 is 29.0. The Morgan fingerprint density at radius 1 is 1.38 bits per heavy atom. The molecule has 0 radical (unpaired) electrons. The van der Waals surface area contributed by atoms with Crippen LogP contribution in [-0.4, -0.2) is 22.8 Å². The predicted octanol–water partition coefficient (Wildman–Crippen LogP) is 0.925. The molecule has 3 heterocycles. The quantitative estimate of drug-likeness (QED) is 0.468. The molecule has 0 amide bonds. The smallest absolute Gasteiger partial charge is 0.260 e. The van der Waals surface area contributed by atoms with Crippen molar-refractivity contribution >= 4 is 43.5 Å². The molecule has 0 saturated heterocycles. The summed E-state index contributed by atoms with van der Waals surface area (Å²) in [5.74, 6) is 5.47. The number of rotatable bonds is 5. The highest BCUT2D eigenvalue weighted by Crippen LogP contribution is 2.25. The molecule has 112 valence electrons. The number of nitrogen functional groups attached to an aromatic ring is 1. The molecule has 0 atom stereocenters. The Balaban J connectivity index is 1.94. The van der Waals surface area contributed by atoms with Gasteiger partial charge in [-0.25, -0.2) is 24.0 Å². The summed E-state index contributed by atoms with van der Waals surface area (Å²) in [5, 5.41) is 4.32. The first-order valence-corrected chi connectivity index (χ1v) is 9.08. The number of sulfonamides is 1. The number of thiazole rings is 2. The molecule has 3 aromatic rings. The largest absolute Gasteiger partial charge is 0.306 e. The minimum Gasteiger partial charge on any atom is -0.306 e. The second-order valence-corrected chi connectivity index (χ2v) is 7.67. The lowest BCUT2D eigenvalue weighted by Crippen LogP contribution is -2.26. The fraction of sp³-hybridized carbons (Fsp3) is 0.200. The van der Waals surface area contributed by atoms with Crippen LogP contribution in [0.3, 0.4) is 0 Å². The zero-order valence-electron chi connectivity index (χ0n) is 10.9. The van der Waals surface area contributed by atoms with Gasteiger partial charge in [0.15, 0.2) is 10.8 Å². The molecule has 0 fully saturated rings. The Bertz CT molecular complexity index is 878. The van der Waals surface area contributed by atoms with Crippen LogP contribution in [0.1, 0.15) is 10.7 Å². The van der Waals surface area contributed by atoms with Gasteiger partial charge in [0.1, 0.15) is 5.01 Å². The van der Waals surface area contributed by atoms with E-state index in [0.717, 1.165) is 5.69 Å². The number of aromatic nitrogens is 3. The van der Waals surface area contributed by atoms with Crippen molar-refractivity contribution in [2.24, 2.45) is 5.84 Å². The van der Waals surface area contributed by atoms with Crippen LogP contribution < -0.4 is 16.0 Å². The zero-order chi connectivity index (χ0) is 15.0. The number of hydrogen-bond donors (Lipinski definition) is 3. The van der Waals surface area contributed by atoms with Crippen molar-refractivity contribution in [2.75, 3.05) is 5.43 Å². The first-order chi connectivity index (χ1) is 10.0. The predicted molar refractivity (Wildman–Crippen MR) is 81.8 cm³/mol. The summed E-state index contributed by atoms with van der Waals surface area (Å²) in [6, 6.07) is 0. The molecule has 0 aliphatic rings. The van der Waals surface area contributed by atoms with Crippen LogP contribution in [0.2, 0.25) is 0 Å². The number of hydrogen-bond acceptors (Lipinski definition) is 8. The van der Waals surface area contributed by atoms with E-state index in [1.807, 2.05) is 12.3 Å². The number of nitrogens with zero attached hydrogens (tertiary/aromatic N) is 3. The summed E-state index contributed by atoms with van der Waals surface area (Å²) in [7, 11) is -3.76. The number of imidazole rings is 1. The number of fused-ring (bicyclic) bond motifs is 1. The molecular formula is C10H12N6O2S3. The van der Waals surface area contributed by atoms with Gasteiger partial charge < -0.3 is 5.43 Å². The second-order valence-electron chi connectivity index (χ2n) is 4.17. The lowest BCUT2D eigenvalue weighted by atomic mass is 10.6. The maximum absolute atomic E-state index is 12.5. The van der Waals surface area contributed by atoms with Crippen molar-refractivity contribution in [2.45, 2.75) is 18.5 Å². The van der Waals surface area contributed by atoms with E-state index >= 15 is 0 Å². The van der Waals surface area contributed by atoms with Gasteiger partial charge in [-0.05, 0) is 6.92 Å². The number of nitrogens with two attached hydrogens (primary N) is 1. The minimum absolute atomic E-state index is 0.00507. The summed E-state index contributed by atoms with van der Waals surface area (Å²) in [6.45, 7) is 1.99. The fourth-order valence-electron chi connectivity index (χ4n) is 1.82. The Hall–Kier alpha value is -1.53. The van der Waals surface area contributed by atoms with Gasteiger partial charge in [-0.3, -0.25) is 4.40 Å². The highest BCUT2D eigenvalue weighted by molar-refractivity contribution is 7.89. The van der Waals surface area contributed by atoms with E-state index in [0.29, 0.717) is 9.97 Å². The van der Waals surface area contributed by atoms with Gasteiger partial charge in [-0.2, -0.15) is 4.98 Å². The Morgan fingerprint density at radius 3 is 2.86 bits per heavy atom. The molecule has 21 heavy (non-hydrogen) atoms. The van der Waals surface area contributed by atoms with E-state index in [1.54, 1.807) is 11.6 Å². The summed E-state index contributed by atoms with van der Waals surface area (Å²) in [5.41, 5.74) is 3.19. The van der Waals surface area contributed by atoms with E-state index in [-0.39, 0.29) is 17.4 Å². The average Bonchev–Trinajstić information content (AvgIpc) is 3.10. The highest BCUT2D eigenvalue weighted by atomic mass is 32.2. The third-order valence-corrected chi connectivity index (χ3v) is 5.84. The average molecular weight is 344 g/mol. The van der Waals surface area contributed by atoms with Crippen molar-refractivity contribution in [3.05, 3.63) is 27.7 Å². The molecule has 4 N–H and O–H groups in total. The first-order valence-electron chi connectivity index (χ1n) is 5.84. The third kappa shape index (κ3) is 2.65. The number of hydrazine groups is 1. The van der Waals surface area contributed by atoms with E-state index < -0.39 is 10.0 Å². The molecule has 3 aromatic heterocycles. The SMILES string of the molecule is Cc1csc(CNS(=O)(=O)c2c(NN)nc3sccn23)n1. The molecule has 0 aromatic carbocycles. The summed E-state index contributed by atoms with van der Waals surface area (Å²) in [6.07, 6.45) is 1.63. The summed E-state index contributed by atoms with van der Waals surface area (Å²) >= 11 is 2.73. The van der Waals surface area contributed by atoms with Crippen LogP contribution >= 0.6 is 22.7 Å². The number of anilines is 1. The molecule has 0 saturated carbocycles. The van der Waals surface area contributed by atoms with Crippen LogP contribution in [0.4, 0.5) is 5.82 Å². The number of nitrogens with one attached hydrogen (secondary N) is 2. The maximum Gasteiger partial charge on any atom is 0.260 e.